The quantitative estimate of drug-likeness (QED) is 0.421. The van der Waals surface area contributed by atoms with Gasteiger partial charge in [0.1, 0.15) is 17.1 Å². The van der Waals surface area contributed by atoms with Crippen molar-refractivity contribution in [3.63, 3.8) is 0 Å². The van der Waals surface area contributed by atoms with Crippen molar-refractivity contribution in [1.29, 1.82) is 0 Å². The van der Waals surface area contributed by atoms with Crippen LogP contribution in [0.3, 0.4) is 0 Å². The second kappa shape index (κ2) is 10.7. The molecule has 1 aliphatic heterocycles. The number of allylic oxidation sites excluding steroid dienone is 4. The van der Waals surface area contributed by atoms with Crippen LogP contribution in [0.1, 0.15) is 77.8 Å². The molecule has 4 nitrogen and oxygen atoms in total. The fraction of sp³-hybridized carbons (Fsp3) is 0.519. The third-order valence-electron chi connectivity index (χ3n) is 6.04. The summed E-state index contributed by atoms with van der Waals surface area (Å²) in [6, 6.07) is 3.57. The number of carbonyl (C=O) groups is 1. The van der Waals surface area contributed by atoms with E-state index in [0.29, 0.717) is 5.75 Å². The van der Waals surface area contributed by atoms with Gasteiger partial charge < -0.3 is 14.9 Å². The molecule has 2 N–H and O–H groups in total. The number of aryl methyl sites for hydroxylation is 2. The first-order valence-electron chi connectivity index (χ1n) is 11.2. The fourth-order valence-electron chi connectivity index (χ4n) is 4.14. The number of hydrogen-bond acceptors (Lipinski definition) is 3. The van der Waals surface area contributed by atoms with Gasteiger partial charge in [-0.2, -0.15) is 0 Å². The summed E-state index contributed by atoms with van der Waals surface area (Å²) in [5.41, 5.74) is 5.12. The van der Waals surface area contributed by atoms with E-state index in [2.05, 4.69) is 26.0 Å². The fourth-order valence-corrected chi connectivity index (χ4v) is 4.14. The number of aliphatic carboxylic acids is 1. The van der Waals surface area contributed by atoms with Gasteiger partial charge in [-0.1, -0.05) is 34.9 Å². The van der Waals surface area contributed by atoms with Gasteiger partial charge in [0.15, 0.2) is 0 Å². The maximum absolute atomic E-state index is 11.5. The molecule has 4 heteroatoms. The molecule has 0 spiro atoms. The van der Waals surface area contributed by atoms with Crippen LogP contribution in [0.2, 0.25) is 0 Å². The summed E-state index contributed by atoms with van der Waals surface area (Å²) in [4.78, 5) is 11.5. The average Bonchev–Trinajstić information content (AvgIpc) is 2.66. The minimum atomic E-state index is -0.796. The van der Waals surface area contributed by atoms with Gasteiger partial charge in [-0.05, 0) is 103 Å². The predicted octanol–water partition coefficient (Wildman–Crippen LogP) is 6.90. The third kappa shape index (κ3) is 7.30. The smallest absolute Gasteiger partial charge is 0.314 e. The maximum atomic E-state index is 11.5. The number of phenols is 1. The number of benzene rings is 1. The molecule has 1 aromatic rings. The number of fused-ring (bicyclic) bond motifs is 1. The Hall–Kier alpha value is -2.49. The molecule has 1 aliphatic rings. The number of carboxylic acids is 1. The summed E-state index contributed by atoms with van der Waals surface area (Å²) in [7, 11) is 0. The van der Waals surface area contributed by atoms with Crippen molar-refractivity contribution < 1.29 is 19.7 Å². The predicted molar refractivity (Wildman–Crippen MR) is 127 cm³/mol. The number of rotatable bonds is 9. The summed E-state index contributed by atoms with van der Waals surface area (Å²) in [5, 5.41) is 19.2. The molecule has 1 aromatic carbocycles. The Morgan fingerprint density at radius 1 is 1.19 bits per heavy atom. The standard InChI is InChI=1S/C27H38O4/c1-18(2)15-24(26(29)30)20(4)11-7-9-19(3)10-8-13-27(6)14-12-22-17-23(28)16-21(5)25(22)31-27/h10-11,15-17,24,28H,7-9,12-14H2,1-6H3,(H,29,30)/t24-,27-/m1/s1. The van der Waals surface area contributed by atoms with Gasteiger partial charge in [0.25, 0.3) is 0 Å². The third-order valence-corrected chi connectivity index (χ3v) is 6.04. The number of phenolic OH excluding ortho intramolecular Hbond substituents is 1. The molecule has 1 heterocycles. The minimum absolute atomic E-state index is 0.193. The van der Waals surface area contributed by atoms with Crippen LogP contribution in [-0.2, 0) is 11.2 Å². The lowest BCUT2D eigenvalue weighted by Crippen LogP contribution is -2.36. The first-order valence-corrected chi connectivity index (χ1v) is 11.2. The second-order valence-corrected chi connectivity index (χ2v) is 9.44. The molecule has 0 amide bonds. The van der Waals surface area contributed by atoms with E-state index in [9.17, 15) is 15.0 Å². The van der Waals surface area contributed by atoms with Crippen LogP contribution in [0.4, 0.5) is 0 Å². The summed E-state index contributed by atoms with van der Waals surface area (Å²) >= 11 is 0. The molecular formula is C27H38O4. The highest BCUT2D eigenvalue weighted by Gasteiger charge is 2.32. The van der Waals surface area contributed by atoms with Crippen molar-refractivity contribution in [2.75, 3.05) is 0 Å². The molecule has 0 aromatic heterocycles. The highest BCUT2D eigenvalue weighted by Crippen LogP contribution is 2.39. The Bertz CT molecular complexity index is 887. The molecule has 0 unspecified atom stereocenters. The van der Waals surface area contributed by atoms with E-state index >= 15 is 0 Å². The number of hydrogen-bond donors (Lipinski definition) is 2. The van der Waals surface area contributed by atoms with Gasteiger partial charge in [-0.15, -0.1) is 0 Å². The Morgan fingerprint density at radius 3 is 2.55 bits per heavy atom. The van der Waals surface area contributed by atoms with E-state index in [1.54, 1.807) is 6.07 Å². The van der Waals surface area contributed by atoms with Crippen molar-refractivity contribution in [1.82, 2.24) is 0 Å². The molecule has 2 atom stereocenters. The molecular weight excluding hydrogens is 388 g/mol. The molecule has 0 bridgehead atoms. The zero-order chi connectivity index (χ0) is 23.2. The molecule has 2 rings (SSSR count). The molecule has 31 heavy (non-hydrogen) atoms. The Kier molecular flexibility index (Phi) is 8.55. The van der Waals surface area contributed by atoms with E-state index < -0.39 is 11.9 Å². The SMILES string of the molecule is CC(C)=C[C@@H](C(=O)O)C(C)=CCCC(C)=CCC[C@]1(C)CCc2cc(O)cc(C)c2O1. The summed E-state index contributed by atoms with van der Waals surface area (Å²) < 4.78 is 6.37. The van der Waals surface area contributed by atoms with Gasteiger partial charge in [-0.25, -0.2) is 0 Å². The van der Waals surface area contributed by atoms with Gasteiger partial charge in [-0.3, -0.25) is 4.79 Å². The number of aromatic hydroxyl groups is 1. The Labute approximate surface area is 187 Å². The van der Waals surface area contributed by atoms with Crippen LogP contribution in [0.15, 0.2) is 47.1 Å². The molecule has 0 fully saturated rings. The summed E-state index contributed by atoms with van der Waals surface area (Å²) in [5.74, 6) is -0.0973. The second-order valence-electron chi connectivity index (χ2n) is 9.44. The maximum Gasteiger partial charge on any atom is 0.314 e. The van der Waals surface area contributed by atoms with Crippen molar-refractivity contribution >= 4 is 5.97 Å². The molecule has 0 aliphatic carbocycles. The zero-order valence-electron chi connectivity index (χ0n) is 19.9. The lowest BCUT2D eigenvalue weighted by molar-refractivity contribution is -0.138. The van der Waals surface area contributed by atoms with Crippen LogP contribution in [0, 0.1) is 12.8 Å². The van der Waals surface area contributed by atoms with E-state index in [4.69, 9.17) is 4.74 Å². The largest absolute Gasteiger partial charge is 0.508 e. The van der Waals surface area contributed by atoms with E-state index in [1.807, 2.05) is 39.8 Å². The molecule has 0 radical (unpaired) electrons. The van der Waals surface area contributed by atoms with E-state index in [1.165, 1.54) is 5.57 Å². The summed E-state index contributed by atoms with van der Waals surface area (Å²) in [6.45, 7) is 12.0. The number of carboxylic acid groups (broad SMARTS) is 1. The van der Waals surface area contributed by atoms with Crippen LogP contribution in [0.5, 0.6) is 11.5 Å². The van der Waals surface area contributed by atoms with Crippen molar-refractivity contribution in [3.05, 3.63) is 58.2 Å². The van der Waals surface area contributed by atoms with Gasteiger partial charge in [0.2, 0.25) is 0 Å². The molecule has 0 saturated heterocycles. The van der Waals surface area contributed by atoms with Crippen LogP contribution in [0.25, 0.3) is 0 Å². The van der Waals surface area contributed by atoms with Crippen molar-refractivity contribution in [2.24, 2.45) is 5.92 Å². The van der Waals surface area contributed by atoms with E-state index in [-0.39, 0.29) is 5.60 Å². The lowest BCUT2D eigenvalue weighted by Gasteiger charge is -2.36. The Balaban J connectivity index is 1.89. The van der Waals surface area contributed by atoms with Crippen molar-refractivity contribution in [2.45, 2.75) is 85.7 Å². The van der Waals surface area contributed by atoms with Gasteiger partial charge in [0.05, 0.1) is 5.92 Å². The lowest BCUT2D eigenvalue weighted by atomic mass is 9.87. The van der Waals surface area contributed by atoms with E-state index in [0.717, 1.165) is 66.5 Å². The molecule has 0 saturated carbocycles. The first kappa shape index (κ1) is 24.8. The normalized spacial score (nSPS) is 19.9. The van der Waals surface area contributed by atoms with Crippen LogP contribution >= 0.6 is 0 Å². The van der Waals surface area contributed by atoms with Crippen molar-refractivity contribution in [3.8, 4) is 11.5 Å². The minimum Gasteiger partial charge on any atom is -0.508 e. The summed E-state index contributed by atoms with van der Waals surface area (Å²) in [6.07, 6.45) is 11.7. The monoisotopic (exact) mass is 426 g/mol. The van der Waals surface area contributed by atoms with Gasteiger partial charge in [0, 0.05) is 0 Å². The Morgan fingerprint density at radius 2 is 1.90 bits per heavy atom. The highest BCUT2D eigenvalue weighted by molar-refractivity contribution is 5.75. The number of ether oxygens (including phenoxy) is 1. The topological polar surface area (TPSA) is 66.8 Å². The zero-order valence-corrected chi connectivity index (χ0v) is 19.9. The van der Waals surface area contributed by atoms with Gasteiger partial charge >= 0.3 is 5.97 Å². The first-order chi connectivity index (χ1) is 14.5. The highest BCUT2D eigenvalue weighted by atomic mass is 16.5. The van der Waals surface area contributed by atoms with Crippen LogP contribution < -0.4 is 4.74 Å². The van der Waals surface area contributed by atoms with Crippen LogP contribution in [-0.4, -0.2) is 21.8 Å². The molecule has 170 valence electrons. The average molecular weight is 427 g/mol.